The molecule has 0 aromatic heterocycles. The first-order chi connectivity index (χ1) is 11.8. The van der Waals surface area contributed by atoms with Crippen LogP contribution < -0.4 is 4.74 Å². The molecule has 0 unspecified atom stereocenters. The summed E-state index contributed by atoms with van der Waals surface area (Å²) in [7, 11) is 0. The molecule has 128 valence electrons. The van der Waals surface area contributed by atoms with Crippen molar-refractivity contribution in [1.29, 1.82) is 0 Å². The number of rotatable bonds is 8. The molecule has 2 aromatic carbocycles. The van der Waals surface area contributed by atoms with E-state index in [1.165, 1.54) is 56.1 Å². The van der Waals surface area contributed by atoms with Crippen molar-refractivity contribution in [2.45, 2.75) is 64.7 Å². The van der Waals surface area contributed by atoms with Crippen LogP contribution in [-0.2, 0) is 12.8 Å². The van der Waals surface area contributed by atoms with Gasteiger partial charge in [-0.2, -0.15) is 0 Å². The monoisotopic (exact) mass is 342 g/mol. The summed E-state index contributed by atoms with van der Waals surface area (Å²) in [5.74, 6) is 1.91. The lowest BCUT2D eigenvalue weighted by Gasteiger charge is -2.23. The fraction of sp³-hybridized carbons (Fsp3) is 0.455. The quantitative estimate of drug-likeness (QED) is 0.389. The van der Waals surface area contributed by atoms with Gasteiger partial charge in [-0.1, -0.05) is 75.2 Å². The normalized spacial score (nSPS) is 12.4. The molecule has 1 aliphatic rings. The van der Waals surface area contributed by atoms with Gasteiger partial charge in [0.15, 0.2) is 0 Å². The Kier molecular flexibility index (Phi) is 6.20. The van der Waals surface area contributed by atoms with Crippen LogP contribution in [0.3, 0.4) is 0 Å². The molecule has 0 amide bonds. The van der Waals surface area contributed by atoms with Crippen LogP contribution in [0.4, 0.5) is 0 Å². The second-order valence-electron chi connectivity index (χ2n) is 6.76. The summed E-state index contributed by atoms with van der Waals surface area (Å²) in [6.07, 6.45) is 11.4. The van der Waals surface area contributed by atoms with Crippen molar-refractivity contribution in [2.24, 2.45) is 0 Å². The van der Waals surface area contributed by atoms with Gasteiger partial charge in [0.2, 0.25) is 0 Å². The summed E-state index contributed by atoms with van der Waals surface area (Å²) < 4.78 is 6.09. The molecular formula is C22H27ClO. The minimum Gasteiger partial charge on any atom is -0.457 e. The third-order valence-corrected chi connectivity index (χ3v) is 5.28. The van der Waals surface area contributed by atoms with E-state index < -0.39 is 0 Å². The zero-order valence-electron chi connectivity index (χ0n) is 14.6. The summed E-state index contributed by atoms with van der Waals surface area (Å²) in [6.45, 7) is 2.27. The van der Waals surface area contributed by atoms with Crippen LogP contribution in [0.2, 0.25) is 5.02 Å². The highest BCUT2D eigenvalue weighted by molar-refractivity contribution is 6.31. The molecule has 0 radical (unpaired) electrons. The molecule has 24 heavy (non-hydrogen) atoms. The number of hydrogen-bond donors (Lipinski definition) is 0. The third kappa shape index (κ3) is 4.13. The fourth-order valence-corrected chi connectivity index (χ4v) is 3.75. The van der Waals surface area contributed by atoms with Crippen molar-refractivity contribution < 1.29 is 4.74 Å². The van der Waals surface area contributed by atoms with E-state index >= 15 is 0 Å². The maximum atomic E-state index is 6.37. The van der Waals surface area contributed by atoms with Gasteiger partial charge in [-0.05, 0) is 36.6 Å². The van der Waals surface area contributed by atoms with Gasteiger partial charge in [0.1, 0.15) is 11.5 Å². The topological polar surface area (TPSA) is 9.23 Å². The lowest BCUT2D eigenvalue weighted by Crippen LogP contribution is -2.06. The van der Waals surface area contributed by atoms with Gasteiger partial charge < -0.3 is 4.74 Å². The number of unbranched alkanes of at least 4 members (excludes halogenated alkanes) is 6. The van der Waals surface area contributed by atoms with Crippen LogP contribution in [-0.4, -0.2) is 0 Å². The standard InChI is InChI=1S/C22H27ClO/c1-2-3-4-5-6-7-8-11-17-12-9-14-21-18(17)16-19-20(23)13-10-15-22(19)24-21/h9-10,12-15H,2-8,11,16H2,1H3. The largest absolute Gasteiger partial charge is 0.457 e. The number of halogens is 1. The second-order valence-corrected chi connectivity index (χ2v) is 7.17. The van der Waals surface area contributed by atoms with E-state index in [2.05, 4.69) is 25.1 Å². The predicted molar refractivity (Wildman–Crippen MR) is 102 cm³/mol. The molecule has 2 heteroatoms. The molecule has 0 saturated heterocycles. The highest BCUT2D eigenvalue weighted by atomic mass is 35.5. The summed E-state index contributed by atoms with van der Waals surface area (Å²) in [4.78, 5) is 0. The van der Waals surface area contributed by atoms with Crippen molar-refractivity contribution in [1.82, 2.24) is 0 Å². The third-order valence-electron chi connectivity index (χ3n) is 4.93. The molecular weight excluding hydrogens is 316 g/mol. The number of hydrogen-bond acceptors (Lipinski definition) is 1. The maximum absolute atomic E-state index is 6.37. The van der Waals surface area contributed by atoms with Crippen molar-refractivity contribution in [3.05, 3.63) is 58.1 Å². The Morgan fingerprint density at radius 3 is 2.29 bits per heavy atom. The van der Waals surface area contributed by atoms with Crippen molar-refractivity contribution >= 4 is 11.6 Å². The smallest absolute Gasteiger partial charge is 0.132 e. The van der Waals surface area contributed by atoms with E-state index in [-0.39, 0.29) is 0 Å². The number of aryl methyl sites for hydroxylation is 1. The van der Waals surface area contributed by atoms with E-state index in [9.17, 15) is 0 Å². The Balaban J connectivity index is 1.60. The molecule has 0 bridgehead atoms. The first kappa shape index (κ1) is 17.4. The molecule has 0 saturated carbocycles. The van der Waals surface area contributed by atoms with Gasteiger partial charge in [-0.15, -0.1) is 0 Å². The zero-order chi connectivity index (χ0) is 16.8. The molecule has 0 spiro atoms. The molecule has 0 aliphatic carbocycles. The molecule has 2 aromatic rings. The lowest BCUT2D eigenvalue weighted by molar-refractivity contribution is 0.458. The van der Waals surface area contributed by atoms with E-state index in [1.807, 2.05) is 18.2 Å². The van der Waals surface area contributed by atoms with E-state index in [4.69, 9.17) is 16.3 Å². The fourth-order valence-electron chi connectivity index (χ4n) is 3.52. The minimum atomic E-state index is 0.809. The van der Waals surface area contributed by atoms with Crippen LogP contribution in [0.5, 0.6) is 11.5 Å². The minimum absolute atomic E-state index is 0.809. The van der Waals surface area contributed by atoms with E-state index in [1.54, 1.807) is 0 Å². The zero-order valence-corrected chi connectivity index (χ0v) is 15.4. The van der Waals surface area contributed by atoms with Crippen LogP contribution >= 0.6 is 11.6 Å². The highest BCUT2D eigenvalue weighted by Gasteiger charge is 2.21. The number of fused-ring (bicyclic) bond motifs is 2. The summed E-state index contributed by atoms with van der Waals surface area (Å²) in [5.41, 5.74) is 3.87. The second kappa shape index (κ2) is 8.58. The van der Waals surface area contributed by atoms with Crippen molar-refractivity contribution in [3.8, 4) is 11.5 Å². The summed E-state index contributed by atoms with van der Waals surface area (Å²) in [5, 5.41) is 0.809. The number of ether oxygens (including phenoxy) is 1. The van der Waals surface area contributed by atoms with Gasteiger partial charge in [0.05, 0.1) is 0 Å². The van der Waals surface area contributed by atoms with Gasteiger partial charge in [-0.25, -0.2) is 0 Å². The molecule has 0 fully saturated rings. The van der Waals surface area contributed by atoms with Gasteiger partial charge >= 0.3 is 0 Å². The average Bonchev–Trinajstić information content (AvgIpc) is 2.60. The Hall–Kier alpha value is -1.47. The summed E-state index contributed by atoms with van der Waals surface area (Å²) in [6, 6.07) is 12.4. The first-order valence-corrected chi connectivity index (χ1v) is 9.73. The van der Waals surface area contributed by atoms with Crippen LogP contribution in [0.25, 0.3) is 0 Å². The van der Waals surface area contributed by atoms with Gasteiger partial charge in [0.25, 0.3) is 0 Å². The van der Waals surface area contributed by atoms with Crippen LogP contribution in [0.15, 0.2) is 36.4 Å². The molecule has 0 N–H and O–H groups in total. The predicted octanol–water partition coefficient (Wildman–Crippen LogP) is 7.33. The Bertz CT molecular complexity index is 678. The van der Waals surface area contributed by atoms with Gasteiger partial charge in [-0.3, -0.25) is 0 Å². The summed E-state index contributed by atoms with van der Waals surface area (Å²) >= 11 is 6.37. The Morgan fingerprint density at radius 2 is 1.50 bits per heavy atom. The van der Waals surface area contributed by atoms with Crippen LogP contribution in [0, 0.1) is 0 Å². The molecule has 3 rings (SSSR count). The van der Waals surface area contributed by atoms with Crippen molar-refractivity contribution in [3.63, 3.8) is 0 Å². The van der Waals surface area contributed by atoms with Crippen LogP contribution in [0.1, 0.15) is 68.6 Å². The van der Waals surface area contributed by atoms with Crippen molar-refractivity contribution in [2.75, 3.05) is 0 Å². The molecule has 1 heterocycles. The van der Waals surface area contributed by atoms with E-state index in [0.29, 0.717) is 0 Å². The van der Waals surface area contributed by atoms with E-state index in [0.717, 1.165) is 34.9 Å². The molecule has 0 atom stereocenters. The highest BCUT2D eigenvalue weighted by Crippen LogP contribution is 2.41. The first-order valence-electron chi connectivity index (χ1n) is 9.35. The molecule has 1 nitrogen and oxygen atoms in total. The SMILES string of the molecule is CCCCCCCCCc1cccc2c1Cc1c(Cl)cccc1O2. The Labute approximate surface area is 151 Å². The average molecular weight is 343 g/mol. The lowest BCUT2D eigenvalue weighted by atomic mass is 9.93. The molecule has 1 aliphatic heterocycles. The maximum Gasteiger partial charge on any atom is 0.132 e. The Morgan fingerprint density at radius 1 is 0.833 bits per heavy atom. The van der Waals surface area contributed by atoms with Gasteiger partial charge in [0, 0.05) is 22.6 Å². The number of benzene rings is 2.